The van der Waals surface area contributed by atoms with Crippen molar-refractivity contribution in [1.29, 1.82) is 0 Å². The van der Waals surface area contributed by atoms with E-state index in [0.717, 1.165) is 12.0 Å². The fourth-order valence-electron chi connectivity index (χ4n) is 1.92. The molecule has 0 aliphatic heterocycles. The number of nitrogens with two attached hydrogens (primary N) is 1. The molecular formula is C15H24N2O2. The van der Waals surface area contributed by atoms with Crippen LogP contribution in [-0.4, -0.2) is 25.7 Å². The van der Waals surface area contributed by atoms with Gasteiger partial charge in [0.1, 0.15) is 6.61 Å². The standard InChI is InChI=1S/C15H24N2O2/c1-12(2)10-14(13-6-4-3-5-7-13)17-15(18)11-19-9-8-16/h3-7,12,14H,8-11,16H2,1-2H3,(H,17,18). The highest BCUT2D eigenvalue weighted by Gasteiger charge is 2.15. The van der Waals surface area contributed by atoms with Gasteiger partial charge in [-0.05, 0) is 17.9 Å². The van der Waals surface area contributed by atoms with Gasteiger partial charge in [0, 0.05) is 6.54 Å². The molecule has 1 aromatic carbocycles. The Morgan fingerprint density at radius 2 is 2.00 bits per heavy atom. The Hall–Kier alpha value is -1.39. The van der Waals surface area contributed by atoms with E-state index in [-0.39, 0.29) is 18.6 Å². The third-order valence-corrected chi connectivity index (χ3v) is 2.74. The van der Waals surface area contributed by atoms with Gasteiger partial charge in [0.2, 0.25) is 5.91 Å². The second-order valence-corrected chi connectivity index (χ2v) is 5.00. The van der Waals surface area contributed by atoms with Gasteiger partial charge in [0.25, 0.3) is 0 Å². The van der Waals surface area contributed by atoms with Gasteiger partial charge in [-0.2, -0.15) is 0 Å². The zero-order valence-corrected chi connectivity index (χ0v) is 11.8. The van der Waals surface area contributed by atoms with E-state index < -0.39 is 0 Å². The van der Waals surface area contributed by atoms with Crippen LogP contribution in [0, 0.1) is 5.92 Å². The molecule has 3 N–H and O–H groups in total. The average Bonchev–Trinajstić information content (AvgIpc) is 2.39. The number of carbonyl (C=O) groups excluding carboxylic acids is 1. The summed E-state index contributed by atoms with van der Waals surface area (Å²) in [6.45, 7) is 5.20. The van der Waals surface area contributed by atoms with Crippen molar-refractivity contribution in [2.45, 2.75) is 26.3 Å². The number of amides is 1. The molecule has 1 amide bonds. The van der Waals surface area contributed by atoms with Gasteiger partial charge >= 0.3 is 0 Å². The zero-order chi connectivity index (χ0) is 14.1. The smallest absolute Gasteiger partial charge is 0.246 e. The number of carbonyl (C=O) groups is 1. The van der Waals surface area contributed by atoms with Gasteiger partial charge in [-0.25, -0.2) is 0 Å². The van der Waals surface area contributed by atoms with Crippen LogP contribution in [0.2, 0.25) is 0 Å². The second-order valence-electron chi connectivity index (χ2n) is 5.00. The van der Waals surface area contributed by atoms with E-state index in [2.05, 4.69) is 19.2 Å². The first kappa shape index (κ1) is 15.7. The van der Waals surface area contributed by atoms with E-state index >= 15 is 0 Å². The molecular weight excluding hydrogens is 240 g/mol. The number of ether oxygens (including phenoxy) is 1. The highest BCUT2D eigenvalue weighted by atomic mass is 16.5. The lowest BCUT2D eigenvalue weighted by Gasteiger charge is -2.21. The number of hydrogen-bond acceptors (Lipinski definition) is 3. The highest BCUT2D eigenvalue weighted by Crippen LogP contribution is 2.20. The Kier molecular flexibility index (Phi) is 7.15. The lowest BCUT2D eigenvalue weighted by atomic mass is 9.97. The molecule has 1 atom stereocenters. The Morgan fingerprint density at radius 1 is 1.32 bits per heavy atom. The van der Waals surface area contributed by atoms with Gasteiger partial charge in [-0.15, -0.1) is 0 Å². The van der Waals surface area contributed by atoms with E-state index in [1.807, 2.05) is 30.3 Å². The Labute approximate surface area is 115 Å². The fraction of sp³-hybridized carbons (Fsp3) is 0.533. The molecule has 1 aromatic rings. The van der Waals surface area contributed by atoms with Crippen LogP contribution in [-0.2, 0) is 9.53 Å². The van der Waals surface area contributed by atoms with Crippen LogP contribution >= 0.6 is 0 Å². The molecule has 0 saturated heterocycles. The zero-order valence-electron chi connectivity index (χ0n) is 11.8. The van der Waals surface area contributed by atoms with Crippen molar-refractivity contribution in [3.05, 3.63) is 35.9 Å². The SMILES string of the molecule is CC(C)CC(NC(=O)COCCN)c1ccccc1. The van der Waals surface area contributed by atoms with E-state index in [1.165, 1.54) is 0 Å². The van der Waals surface area contributed by atoms with Crippen LogP contribution in [0.15, 0.2) is 30.3 Å². The average molecular weight is 264 g/mol. The summed E-state index contributed by atoms with van der Waals surface area (Å²) in [5.74, 6) is 0.415. The van der Waals surface area contributed by atoms with Gasteiger partial charge in [-0.3, -0.25) is 4.79 Å². The van der Waals surface area contributed by atoms with E-state index in [9.17, 15) is 4.79 Å². The summed E-state index contributed by atoms with van der Waals surface area (Å²) < 4.78 is 5.15. The minimum absolute atomic E-state index is 0.0372. The number of benzene rings is 1. The van der Waals surface area contributed by atoms with Crippen LogP contribution in [0.25, 0.3) is 0 Å². The molecule has 0 spiro atoms. The lowest BCUT2D eigenvalue weighted by molar-refractivity contribution is -0.126. The summed E-state index contributed by atoms with van der Waals surface area (Å²) in [5.41, 5.74) is 6.44. The van der Waals surface area contributed by atoms with Crippen molar-refractivity contribution in [2.75, 3.05) is 19.8 Å². The number of rotatable bonds is 8. The van der Waals surface area contributed by atoms with Crippen LogP contribution in [0.5, 0.6) is 0 Å². The van der Waals surface area contributed by atoms with Crippen molar-refractivity contribution < 1.29 is 9.53 Å². The molecule has 0 aromatic heterocycles. The van der Waals surface area contributed by atoms with Crippen LogP contribution in [0.1, 0.15) is 31.9 Å². The van der Waals surface area contributed by atoms with Crippen LogP contribution < -0.4 is 11.1 Å². The summed E-state index contributed by atoms with van der Waals surface area (Å²) in [6, 6.07) is 10.1. The van der Waals surface area contributed by atoms with Gasteiger partial charge in [-0.1, -0.05) is 44.2 Å². The molecule has 4 nitrogen and oxygen atoms in total. The highest BCUT2D eigenvalue weighted by molar-refractivity contribution is 5.77. The van der Waals surface area contributed by atoms with Gasteiger partial charge in [0.15, 0.2) is 0 Å². The molecule has 0 fully saturated rings. The summed E-state index contributed by atoms with van der Waals surface area (Å²) in [4.78, 5) is 11.8. The molecule has 0 bridgehead atoms. The Bertz CT molecular complexity index is 366. The van der Waals surface area contributed by atoms with Crippen LogP contribution in [0.3, 0.4) is 0 Å². The minimum atomic E-state index is -0.0945. The molecule has 19 heavy (non-hydrogen) atoms. The van der Waals surface area contributed by atoms with Gasteiger partial charge in [0.05, 0.1) is 12.6 Å². The summed E-state index contributed by atoms with van der Waals surface area (Å²) in [5, 5.41) is 3.02. The van der Waals surface area contributed by atoms with Crippen molar-refractivity contribution in [3.63, 3.8) is 0 Å². The third kappa shape index (κ3) is 6.36. The molecule has 106 valence electrons. The van der Waals surface area contributed by atoms with E-state index in [1.54, 1.807) is 0 Å². The molecule has 1 rings (SSSR count). The Balaban J connectivity index is 2.57. The molecule has 4 heteroatoms. The lowest BCUT2D eigenvalue weighted by Crippen LogP contribution is -2.33. The Morgan fingerprint density at radius 3 is 2.58 bits per heavy atom. The number of hydrogen-bond donors (Lipinski definition) is 2. The molecule has 1 unspecified atom stereocenters. The molecule has 0 aliphatic carbocycles. The molecule has 0 saturated carbocycles. The topological polar surface area (TPSA) is 64.3 Å². The normalized spacial score (nSPS) is 12.4. The summed E-state index contributed by atoms with van der Waals surface area (Å²) in [7, 11) is 0. The summed E-state index contributed by atoms with van der Waals surface area (Å²) >= 11 is 0. The van der Waals surface area contributed by atoms with Gasteiger partial charge < -0.3 is 15.8 Å². The van der Waals surface area contributed by atoms with E-state index in [0.29, 0.717) is 19.1 Å². The predicted octanol–water partition coefficient (Wildman–Crippen LogP) is 1.87. The predicted molar refractivity (Wildman–Crippen MR) is 76.7 cm³/mol. The van der Waals surface area contributed by atoms with Crippen LogP contribution in [0.4, 0.5) is 0 Å². The monoisotopic (exact) mass is 264 g/mol. The first-order valence-electron chi connectivity index (χ1n) is 6.75. The largest absolute Gasteiger partial charge is 0.370 e. The van der Waals surface area contributed by atoms with Crippen molar-refractivity contribution in [3.8, 4) is 0 Å². The minimum Gasteiger partial charge on any atom is -0.370 e. The third-order valence-electron chi connectivity index (χ3n) is 2.74. The van der Waals surface area contributed by atoms with E-state index in [4.69, 9.17) is 10.5 Å². The number of nitrogens with one attached hydrogen (secondary N) is 1. The fourth-order valence-corrected chi connectivity index (χ4v) is 1.92. The first-order chi connectivity index (χ1) is 9.13. The quantitative estimate of drug-likeness (QED) is 0.704. The summed E-state index contributed by atoms with van der Waals surface area (Å²) in [6.07, 6.45) is 0.909. The molecule has 0 radical (unpaired) electrons. The maximum atomic E-state index is 11.8. The maximum absolute atomic E-state index is 11.8. The van der Waals surface area contributed by atoms with Crippen molar-refractivity contribution >= 4 is 5.91 Å². The second kappa shape index (κ2) is 8.67. The first-order valence-corrected chi connectivity index (χ1v) is 6.75. The maximum Gasteiger partial charge on any atom is 0.246 e. The molecule has 0 aliphatic rings. The van der Waals surface area contributed by atoms with Crippen molar-refractivity contribution in [2.24, 2.45) is 11.7 Å². The molecule has 0 heterocycles. The van der Waals surface area contributed by atoms with Crippen molar-refractivity contribution in [1.82, 2.24) is 5.32 Å².